The summed E-state index contributed by atoms with van der Waals surface area (Å²) in [7, 11) is 1.61. The third-order valence-corrected chi connectivity index (χ3v) is 4.45. The summed E-state index contributed by atoms with van der Waals surface area (Å²) in [6.45, 7) is 6.39. The molecule has 0 aliphatic carbocycles. The summed E-state index contributed by atoms with van der Waals surface area (Å²) in [5.74, 6) is 0.575. The van der Waals surface area contributed by atoms with Gasteiger partial charge >= 0.3 is 0 Å². The van der Waals surface area contributed by atoms with Gasteiger partial charge < -0.3 is 10.1 Å². The van der Waals surface area contributed by atoms with Gasteiger partial charge in [0, 0.05) is 25.1 Å². The molecule has 0 unspecified atom stereocenters. The Morgan fingerprint density at radius 2 is 1.93 bits per heavy atom. The zero-order valence-corrected chi connectivity index (χ0v) is 16.6. The zero-order chi connectivity index (χ0) is 20.1. The van der Waals surface area contributed by atoms with E-state index in [0.717, 1.165) is 22.6 Å². The van der Waals surface area contributed by atoms with Gasteiger partial charge in [-0.1, -0.05) is 36.8 Å². The number of aromatic nitrogens is 4. The van der Waals surface area contributed by atoms with Crippen LogP contribution in [0.5, 0.6) is 0 Å². The molecular weight excluding hydrogens is 354 g/mol. The highest BCUT2D eigenvalue weighted by Crippen LogP contribution is 2.25. The van der Waals surface area contributed by atoms with E-state index in [-0.39, 0.29) is 11.9 Å². The van der Waals surface area contributed by atoms with Crippen LogP contribution in [-0.4, -0.2) is 45.9 Å². The molecule has 3 rings (SSSR count). The van der Waals surface area contributed by atoms with E-state index in [1.165, 1.54) is 5.56 Å². The first-order chi connectivity index (χ1) is 13.5. The van der Waals surface area contributed by atoms with E-state index < -0.39 is 0 Å². The molecule has 0 saturated heterocycles. The van der Waals surface area contributed by atoms with Gasteiger partial charge in [0.2, 0.25) is 0 Å². The minimum Gasteiger partial charge on any atom is -0.383 e. The average Bonchev–Trinajstić information content (AvgIpc) is 3.17. The summed E-state index contributed by atoms with van der Waals surface area (Å²) < 4.78 is 6.79. The number of tetrazole rings is 1. The second-order valence-electron chi connectivity index (χ2n) is 6.82. The molecule has 7 nitrogen and oxygen atoms in total. The topological polar surface area (TPSA) is 81.9 Å². The van der Waals surface area contributed by atoms with Gasteiger partial charge in [-0.05, 0) is 53.6 Å². The van der Waals surface area contributed by atoms with Crippen molar-refractivity contribution in [2.24, 2.45) is 0 Å². The van der Waals surface area contributed by atoms with E-state index >= 15 is 0 Å². The van der Waals surface area contributed by atoms with Crippen molar-refractivity contribution in [1.82, 2.24) is 25.5 Å². The standard InChI is InChI=1S/C21H25N5O2/c1-5-20-23-24-25-26(20)19-11-17(16-8-6-14(2)7-9-16)10-18(12-19)21(27)22-15(3)13-28-4/h6-12,15H,5,13H2,1-4H3,(H,22,27)/t15-/m1/s1. The lowest BCUT2D eigenvalue weighted by Gasteiger charge is -2.15. The maximum atomic E-state index is 12.8. The summed E-state index contributed by atoms with van der Waals surface area (Å²) in [5.41, 5.74) is 4.44. The predicted molar refractivity (Wildman–Crippen MR) is 108 cm³/mol. The highest BCUT2D eigenvalue weighted by molar-refractivity contribution is 5.96. The SMILES string of the molecule is CCc1nnnn1-c1cc(C(=O)N[C@H](C)COC)cc(-c2ccc(C)cc2)c1. The molecule has 0 aliphatic heterocycles. The van der Waals surface area contributed by atoms with E-state index in [1.54, 1.807) is 11.8 Å². The number of carbonyl (C=O) groups is 1. The van der Waals surface area contributed by atoms with E-state index in [0.29, 0.717) is 18.6 Å². The molecule has 0 fully saturated rings. The fraction of sp³-hybridized carbons (Fsp3) is 0.333. The molecule has 3 aromatic rings. The lowest BCUT2D eigenvalue weighted by molar-refractivity contribution is 0.0905. The number of nitrogens with one attached hydrogen (secondary N) is 1. The molecule has 1 N–H and O–H groups in total. The van der Waals surface area contributed by atoms with Crippen LogP contribution in [0.1, 0.15) is 35.6 Å². The molecule has 146 valence electrons. The zero-order valence-electron chi connectivity index (χ0n) is 16.6. The van der Waals surface area contributed by atoms with Crippen molar-refractivity contribution >= 4 is 5.91 Å². The number of nitrogens with zero attached hydrogens (tertiary/aromatic N) is 4. The Kier molecular flexibility index (Phi) is 6.16. The molecule has 1 aromatic heterocycles. The Balaban J connectivity index is 2.06. The van der Waals surface area contributed by atoms with Crippen LogP contribution in [0.25, 0.3) is 16.8 Å². The highest BCUT2D eigenvalue weighted by Gasteiger charge is 2.15. The summed E-state index contributed by atoms with van der Waals surface area (Å²) in [4.78, 5) is 12.8. The molecule has 0 aliphatic rings. The summed E-state index contributed by atoms with van der Waals surface area (Å²) >= 11 is 0. The van der Waals surface area contributed by atoms with Gasteiger partial charge in [0.25, 0.3) is 5.91 Å². The van der Waals surface area contributed by atoms with E-state index in [2.05, 4.69) is 33.0 Å². The minimum atomic E-state index is -0.161. The number of amides is 1. The largest absolute Gasteiger partial charge is 0.383 e. The Hall–Kier alpha value is -3.06. The van der Waals surface area contributed by atoms with Crippen LogP contribution in [0.3, 0.4) is 0 Å². The lowest BCUT2D eigenvalue weighted by atomic mass is 10.0. The van der Waals surface area contributed by atoms with Crippen molar-refractivity contribution in [2.45, 2.75) is 33.2 Å². The van der Waals surface area contributed by atoms with Crippen molar-refractivity contribution in [3.63, 3.8) is 0 Å². The molecule has 0 spiro atoms. The van der Waals surface area contributed by atoms with Crippen LogP contribution in [0.15, 0.2) is 42.5 Å². The smallest absolute Gasteiger partial charge is 0.251 e. The van der Waals surface area contributed by atoms with Crippen LogP contribution in [0, 0.1) is 6.92 Å². The minimum absolute atomic E-state index is 0.0942. The molecule has 28 heavy (non-hydrogen) atoms. The predicted octanol–water partition coefficient (Wildman–Crippen LogP) is 2.96. The third kappa shape index (κ3) is 4.43. The maximum Gasteiger partial charge on any atom is 0.251 e. The number of aryl methyl sites for hydroxylation is 2. The van der Waals surface area contributed by atoms with Crippen molar-refractivity contribution in [3.05, 3.63) is 59.4 Å². The first-order valence-electron chi connectivity index (χ1n) is 9.31. The van der Waals surface area contributed by atoms with Crippen LogP contribution in [-0.2, 0) is 11.2 Å². The average molecular weight is 379 g/mol. The van der Waals surface area contributed by atoms with Crippen LogP contribution < -0.4 is 5.32 Å². The van der Waals surface area contributed by atoms with Crippen LogP contribution in [0.4, 0.5) is 0 Å². The second kappa shape index (κ2) is 8.75. The van der Waals surface area contributed by atoms with Gasteiger partial charge in [-0.2, -0.15) is 4.68 Å². The molecule has 7 heteroatoms. The van der Waals surface area contributed by atoms with Crippen molar-refractivity contribution in [3.8, 4) is 16.8 Å². The third-order valence-electron chi connectivity index (χ3n) is 4.45. The second-order valence-corrected chi connectivity index (χ2v) is 6.82. The Labute approximate surface area is 164 Å². The Morgan fingerprint density at radius 3 is 2.61 bits per heavy atom. The quantitative estimate of drug-likeness (QED) is 0.682. The number of carbonyl (C=O) groups excluding carboxylic acids is 1. The van der Waals surface area contributed by atoms with Crippen LogP contribution >= 0.6 is 0 Å². The summed E-state index contributed by atoms with van der Waals surface area (Å²) in [6.07, 6.45) is 0.689. The monoisotopic (exact) mass is 379 g/mol. The van der Waals surface area contributed by atoms with E-state index in [9.17, 15) is 4.79 Å². The van der Waals surface area contributed by atoms with Crippen molar-refractivity contribution in [1.29, 1.82) is 0 Å². The Morgan fingerprint density at radius 1 is 1.18 bits per heavy atom. The Bertz CT molecular complexity index is 950. The normalized spacial score (nSPS) is 12.0. The first-order valence-corrected chi connectivity index (χ1v) is 9.31. The van der Waals surface area contributed by atoms with E-state index in [1.807, 2.05) is 51.1 Å². The number of hydrogen-bond acceptors (Lipinski definition) is 5. The number of benzene rings is 2. The fourth-order valence-corrected chi connectivity index (χ4v) is 3.00. The maximum absolute atomic E-state index is 12.8. The van der Waals surface area contributed by atoms with Crippen molar-refractivity contribution < 1.29 is 9.53 Å². The molecule has 0 bridgehead atoms. The lowest BCUT2D eigenvalue weighted by Crippen LogP contribution is -2.35. The molecule has 0 radical (unpaired) electrons. The molecule has 1 heterocycles. The molecule has 2 aromatic carbocycles. The van der Waals surface area contributed by atoms with Gasteiger partial charge in [-0.15, -0.1) is 5.10 Å². The van der Waals surface area contributed by atoms with Crippen LogP contribution in [0.2, 0.25) is 0 Å². The first kappa shape index (κ1) is 19.7. The van der Waals surface area contributed by atoms with Gasteiger partial charge in [-0.3, -0.25) is 4.79 Å². The number of rotatable bonds is 7. The summed E-state index contributed by atoms with van der Waals surface area (Å²) in [6, 6.07) is 13.8. The summed E-state index contributed by atoms with van der Waals surface area (Å²) in [5, 5.41) is 14.9. The highest BCUT2D eigenvalue weighted by atomic mass is 16.5. The van der Waals surface area contributed by atoms with E-state index in [4.69, 9.17) is 4.74 Å². The van der Waals surface area contributed by atoms with Gasteiger partial charge in [0.15, 0.2) is 5.82 Å². The number of methoxy groups -OCH3 is 1. The molecule has 0 saturated carbocycles. The number of ether oxygens (including phenoxy) is 1. The van der Waals surface area contributed by atoms with Crippen molar-refractivity contribution in [2.75, 3.05) is 13.7 Å². The fourth-order valence-electron chi connectivity index (χ4n) is 3.00. The van der Waals surface area contributed by atoms with Gasteiger partial charge in [0.1, 0.15) is 0 Å². The molecular formula is C21H25N5O2. The molecule has 1 atom stereocenters. The molecule has 1 amide bonds. The number of hydrogen-bond donors (Lipinski definition) is 1. The van der Waals surface area contributed by atoms with Gasteiger partial charge in [-0.25, -0.2) is 0 Å². The van der Waals surface area contributed by atoms with Gasteiger partial charge in [0.05, 0.1) is 12.3 Å².